The Kier molecular flexibility index (Phi) is 3.38. The van der Waals surface area contributed by atoms with Crippen molar-refractivity contribution in [3.8, 4) is 0 Å². The molecule has 0 aliphatic heterocycles. The van der Waals surface area contributed by atoms with Gasteiger partial charge in [-0.25, -0.2) is 13.9 Å². The minimum absolute atomic E-state index is 0.0210. The van der Waals surface area contributed by atoms with E-state index in [1.807, 2.05) is 0 Å². The highest BCUT2D eigenvalue weighted by Crippen LogP contribution is 2.35. The molecule has 0 fully saturated rings. The first kappa shape index (κ1) is 14.3. The Hall–Kier alpha value is -2.16. The third kappa shape index (κ3) is 2.57. The molecule has 2 amide bonds. The number of carbonyl (C=O) groups excluding carboxylic acids is 1. The maximum Gasteiger partial charge on any atom is 0.417 e. The van der Waals surface area contributed by atoms with Crippen LogP contribution in [0.2, 0.25) is 0 Å². The fourth-order valence-electron chi connectivity index (χ4n) is 1.64. The molecule has 2 N–H and O–H groups in total. The Balaban J connectivity index is 2.76. The van der Waals surface area contributed by atoms with Gasteiger partial charge < -0.3 is 10.2 Å². The normalized spacial score (nSPS) is 11.6. The zero-order chi connectivity index (χ0) is 15.1. The molecule has 0 unspecified atom stereocenters. The number of nitrogens with two attached hydrogens (primary N) is 1. The predicted octanol–water partition coefficient (Wildman–Crippen LogP) is 2.54. The summed E-state index contributed by atoms with van der Waals surface area (Å²) < 4.78 is 44.0. The van der Waals surface area contributed by atoms with Gasteiger partial charge in [0.1, 0.15) is 5.58 Å². The summed E-state index contributed by atoms with van der Waals surface area (Å²) in [5, 5.41) is -0.366. The Labute approximate surface area is 115 Å². The molecular weight excluding hydrogens is 297 g/mol. The van der Waals surface area contributed by atoms with Crippen LogP contribution in [0.25, 0.3) is 11.0 Å². The molecule has 0 aliphatic rings. The average molecular weight is 304 g/mol. The van der Waals surface area contributed by atoms with Crippen molar-refractivity contribution < 1.29 is 22.4 Å². The largest absolute Gasteiger partial charge is 0.423 e. The number of urea groups is 1. The second-order valence-electron chi connectivity index (χ2n) is 3.81. The minimum atomic E-state index is -4.74. The second-order valence-corrected chi connectivity index (χ2v) is 4.21. The maximum atomic E-state index is 12.9. The number of nitrogens with zero attached hydrogens (tertiary/aromatic N) is 1. The summed E-state index contributed by atoms with van der Waals surface area (Å²) in [6.45, 7) is 0. The zero-order valence-electron chi connectivity index (χ0n) is 9.64. The fourth-order valence-corrected chi connectivity index (χ4v) is 1.77. The smallest absolute Gasteiger partial charge is 0.417 e. The number of anilines is 1. The van der Waals surface area contributed by atoms with E-state index in [1.54, 1.807) is 0 Å². The standard InChI is InChI=1S/C11H7F3N2O3S/c12-11(13,14)7-4-9(17)19-8-2-1-5(3-6(7)8)16(20)10(15)18/h1-4,20H,(H2,15,18). The van der Waals surface area contributed by atoms with E-state index < -0.39 is 23.4 Å². The molecule has 0 saturated heterocycles. The Bertz CT molecular complexity index is 742. The fraction of sp³-hybridized carbons (Fsp3) is 0.0909. The van der Waals surface area contributed by atoms with Crippen LogP contribution in [-0.4, -0.2) is 6.03 Å². The molecule has 2 rings (SSSR count). The van der Waals surface area contributed by atoms with E-state index in [2.05, 4.69) is 17.2 Å². The lowest BCUT2D eigenvalue weighted by Gasteiger charge is -2.14. The van der Waals surface area contributed by atoms with Crippen molar-refractivity contribution in [1.82, 2.24) is 0 Å². The third-order valence-electron chi connectivity index (χ3n) is 2.48. The van der Waals surface area contributed by atoms with Gasteiger partial charge in [-0.05, 0) is 18.2 Å². The van der Waals surface area contributed by atoms with Gasteiger partial charge in [-0.2, -0.15) is 13.2 Å². The van der Waals surface area contributed by atoms with E-state index in [-0.39, 0.29) is 16.7 Å². The van der Waals surface area contributed by atoms with Gasteiger partial charge in [0.05, 0.1) is 11.3 Å². The van der Waals surface area contributed by atoms with Crippen molar-refractivity contribution in [2.24, 2.45) is 5.73 Å². The summed E-state index contributed by atoms with van der Waals surface area (Å²) >= 11 is 3.75. The number of hydrogen-bond donors (Lipinski definition) is 2. The molecule has 20 heavy (non-hydrogen) atoms. The number of rotatable bonds is 1. The van der Waals surface area contributed by atoms with Crippen LogP contribution in [-0.2, 0) is 6.18 Å². The molecule has 1 aromatic carbocycles. The molecule has 0 spiro atoms. The summed E-state index contributed by atoms with van der Waals surface area (Å²) in [5.74, 6) is 0. The van der Waals surface area contributed by atoms with Crippen molar-refractivity contribution in [3.63, 3.8) is 0 Å². The van der Waals surface area contributed by atoms with Crippen LogP contribution >= 0.6 is 12.8 Å². The van der Waals surface area contributed by atoms with Crippen LogP contribution in [0.4, 0.5) is 23.7 Å². The highest BCUT2D eigenvalue weighted by molar-refractivity contribution is 7.82. The third-order valence-corrected chi connectivity index (χ3v) is 2.91. The monoisotopic (exact) mass is 304 g/mol. The van der Waals surface area contributed by atoms with Crippen molar-refractivity contribution in [3.05, 3.63) is 40.2 Å². The highest BCUT2D eigenvalue weighted by atomic mass is 32.1. The van der Waals surface area contributed by atoms with E-state index >= 15 is 0 Å². The van der Waals surface area contributed by atoms with Gasteiger partial charge >= 0.3 is 17.8 Å². The lowest BCUT2D eigenvalue weighted by atomic mass is 10.1. The van der Waals surface area contributed by atoms with Crippen molar-refractivity contribution >= 4 is 35.5 Å². The van der Waals surface area contributed by atoms with Crippen molar-refractivity contribution in [2.45, 2.75) is 6.18 Å². The van der Waals surface area contributed by atoms with Gasteiger partial charge in [0.15, 0.2) is 0 Å². The quantitative estimate of drug-likeness (QED) is 0.628. The summed E-state index contributed by atoms with van der Waals surface area (Å²) in [7, 11) is 0. The summed E-state index contributed by atoms with van der Waals surface area (Å²) in [6.07, 6.45) is -4.74. The van der Waals surface area contributed by atoms with Crippen LogP contribution < -0.4 is 15.7 Å². The molecule has 9 heteroatoms. The molecule has 0 saturated carbocycles. The molecule has 0 atom stereocenters. The van der Waals surface area contributed by atoms with Gasteiger partial charge in [0.2, 0.25) is 0 Å². The van der Waals surface area contributed by atoms with Crippen LogP contribution in [0.5, 0.6) is 0 Å². The second kappa shape index (κ2) is 4.75. The number of primary amides is 1. The lowest BCUT2D eigenvalue weighted by molar-refractivity contribution is -0.136. The lowest BCUT2D eigenvalue weighted by Crippen LogP contribution is -2.27. The van der Waals surface area contributed by atoms with E-state index in [9.17, 15) is 22.8 Å². The van der Waals surface area contributed by atoms with Crippen LogP contribution in [0.15, 0.2) is 33.5 Å². The SMILES string of the molecule is NC(=O)N(S)c1ccc2oc(=O)cc(C(F)(F)F)c2c1. The van der Waals surface area contributed by atoms with E-state index in [4.69, 9.17) is 5.73 Å². The van der Waals surface area contributed by atoms with Crippen LogP contribution in [0.3, 0.4) is 0 Å². The topological polar surface area (TPSA) is 76.5 Å². The van der Waals surface area contributed by atoms with Crippen molar-refractivity contribution in [1.29, 1.82) is 0 Å². The van der Waals surface area contributed by atoms with E-state index in [0.717, 1.165) is 12.1 Å². The van der Waals surface area contributed by atoms with Crippen molar-refractivity contribution in [2.75, 3.05) is 4.31 Å². The number of fused-ring (bicyclic) bond motifs is 1. The molecular formula is C11H7F3N2O3S. The first-order valence-corrected chi connectivity index (χ1v) is 5.53. The Morgan fingerprint density at radius 3 is 2.50 bits per heavy atom. The zero-order valence-corrected chi connectivity index (χ0v) is 10.5. The van der Waals surface area contributed by atoms with E-state index in [1.165, 1.54) is 6.07 Å². The summed E-state index contributed by atoms with van der Waals surface area (Å²) in [6, 6.07) is 2.79. The molecule has 0 bridgehead atoms. The van der Waals surface area contributed by atoms with Gasteiger partial charge in [0, 0.05) is 11.5 Å². The molecule has 2 aromatic rings. The number of amides is 2. The molecule has 0 radical (unpaired) electrons. The van der Waals surface area contributed by atoms with Crippen LogP contribution in [0.1, 0.15) is 5.56 Å². The van der Waals surface area contributed by atoms with Gasteiger partial charge in [-0.1, -0.05) is 12.8 Å². The van der Waals surface area contributed by atoms with E-state index in [0.29, 0.717) is 10.4 Å². The first-order valence-electron chi connectivity index (χ1n) is 5.13. The molecule has 0 aliphatic carbocycles. The number of carbonyl (C=O) groups is 1. The number of thiol groups is 1. The number of alkyl halides is 3. The Morgan fingerprint density at radius 1 is 1.30 bits per heavy atom. The first-order chi connectivity index (χ1) is 9.20. The highest BCUT2D eigenvalue weighted by Gasteiger charge is 2.34. The number of halogens is 3. The Morgan fingerprint density at radius 2 is 1.95 bits per heavy atom. The molecule has 5 nitrogen and oxygen atoms in total. The predicted molar refractivity (Wildman–Crippen MR) is 68.5 cm³/mol. The maximum absolute atomic E-state index is 12.9. The average Bonchev–Trinajstić information content (AvgIpc) is 2.35. The summed E-state index contributed by atoms with van der Waals surface area (Å²) in [4.78, 5) is 22.1. The molecule has 1 aromatic heterocycles. The molecule has 106 valence electrons. The molecule has 1 heterocycles. The number of benzene rings is 1. The minimum Gasteiger partial charge on any atom is -0.423 e. The number of hydrogen-bond acceptors (Lipinski definition) is 4. The summed E-state index contributed by atoms with van der Waals surface area (Å²) in [5.41, 5.74) is 2.47. The van der Waals surface area contributed by atoms with Gasteiger partial charge in [-0.15, -0.1) is 0 Å². The van der Waals surface area contributed by atoms with Gasteiger partial charge in [-0.3, -0.25) is 0 Å². The van der Waals surface area contributed by atoms with Crippen LogP contribution in [0, 0.1) is 0 Å². The van der Waals surface area contributed by atoms with Gasteiger partial charge in [0.25, 0.3) is 0 Å².